The number of aromatic nitrogens is 4. The van der Waals surface area contributed by atoms with Gasteiger partial charge < -0.3 is 5.11 Å². The standard InChI is InChI=1S/C14H12N4O2S/c1-18-14(21-8-11(19)20)16-13(17-18)10-6-2-4-9-5-3-7-15-12(9)10/h2-7H,8H2,1H3,(H,19,20). The lowest BCUT2D eigenvalue weighted by Gasteiger charge is -2.00. The summed E-state index contributed by atoms with van der Waals surface area (Å²) in [6.45, 7) is 0. The van der Waals surface area contributed by atoms with Gasteiger partial charge in [0.1, 0.15) is 0 Å². The molecule has 0 fully saturated rings. The molecule has 0 saturated heterocycles. The maximum atomic E-state index is 10.6. The maximum Gasteiger partial charge on any atom is 0.313 e. The number of thioether (sulfide) groups is 1. The van der Waals surface area contributed by atoms with E-state index in [9.17, 15) is 4.79 Å². The van der Waals surface area contributed by atoms with Crippen molar-refractivity contribution in [2.75, 3.05) is 5.75 Å². The Bertz CT molecular complexity index is 810. The number of para-hydroxylation sites is 1. The SMILES string of the molecule is Cn1nc(-c2cccc3cccnc23)nc1SCC(=O)O. The Morgan fingerprint density at radius 2 is 2.14 bits per heavy atom. The summed E-state index contributed by atoms with van der Waals surface area (Å²) in [4.78, 5) is 19.4. The average Bonchev–Trinajstić information content (AvgIpc) is 2.85. The van der Waals surface area contributed by atoms with Crippen LogP contribution in [0.1, 0.15) is 0 Å². The number of aryl methyl sites for hydroxylation is 1. The molecule has 0 amide bonds. The van der Waals surface area contributed by atoms with E-state index in [2.05, 4.69) is 15.1 Å². The van der Waals surface area contributed by atoms with Gasteiger partial charge in [-0.1, -0.05) is 30.0 Å². The average molecular weight is 300 g/mol. The number of aliphatic carboxylic acids is 1. The molecule has 3 aromatic rings. The van der Waals surface area contributed by atoms with Crippen molar-refractivity contribution in [3.8, 4) is 11.4 Å². The van der Waals surface area contributed by atoms with Crippen LogP contribution in [0.5, 0.6) is 0 Å². The second-order valence-corrected chi connectivity index (χ2v) is 5.35. The molecule has 0 aliphatic rings. The van der Waals surface area contributed by atoms with Crippen molar-refractivity contribution in [2.45, 2.75) is 5.16 Å². The highest BCUT2D eigenvalue weighted by Gasteiger charge is 2.13. The Morgan fingerprint density at radius 3 is 2.95 bits per heavy atom. The fourth-order valence-corrected chi connectivity index (χ4v) is 2.65. The van der Waals surface area contributed by atoms with Gasteiger partial charge in [-0.15, -0.1) is 0 Å². The van der Waals surface area contributed by atoms with Crippen LogP contribution in [0.2, 0.25) is 0 Å². The number of pyridine rings is 1. The minimum Gasteiger partial charge on any atom is -0.481 e. The molecular formula is C14H12N4O2S. The van der Waals surface area contributed by atoms with Crippen molar-refractivity contribution >= 4 is 28.6 Å². The predicted octanol–water partition coefficient (Wildman–Crippen LogP) is 2.21. The van der Waals surface area contributed by atoms with Crippen LogP contribution in [0.25, 0.3) is 22.3 Å². The van der Waals surface area contributed by atoms with Crippen LogP contribution in [0, 0.1) is 0 Å². The highest BCUT2D eigenvalue weighted by Crippen LogP contribution is 2.26. The topological polar surface area (TPSA) is 80.9 Å². The number of hydrogen-bond acceptors (Lipinski definition) is 5. The van der Waals surface area contributed by atoms with Gasteiger partial charge in [0.2, 0.25) is 0 Å². The third-order valence-electron chi connectivity index (χ3n) is 2.92. The predicted molar refractivity (Wildman–Crippen MR) is 80.1 cm³/mol. The Labute approximate surface area is 124 Å². The van der Waals surface area contributed by atoms with Crippen molar-refractivity contribution in [1.29, 1.82) is 0 Å². The maximum absolute atomic E-state index is 10.6. The van der Waals surface area contributed by atoms with Gasteiger partial charge in [0, 0.05) is 24.2 Å². The van der Waals surface area contributed by atoms with Crippen LogP contribution in [-0.2, 0) is 11.8 Å². The molecule has 0 bridgehead atoms. The van der Waals surface area contributed by atoms with Gasteiger partial charge >= 0.3 is 5.97 Å². The molecule has 3 rings (SSSR count). The van der Waals surface area contributed by atoms with E-state index in [1.165, 1.54) is 0 Å². The second kappa shape index (κ2) is 5.53. The lowest BCUT2D eigenvalue weighted by atomic mass is 10.1. The van der Waals surface area contributed by atoms with Crippen molar-refractivity contribution in [1.82, 2.24) is 19.7 Å². The minimum atomic E-state index is -0.878. The van der Waals surface area contributed by atoms with Crippen LogP contribution in [0.4, 0.5) is 0 Å². The fraction of sp³-hybridized carbons (Fsp3) is 0.143. The van der Waals surface area contributed by atoms with Gasteiger partial charge in [-0.3, -0.25) is 9.78 Å². The normalized spacial score (nSPS) is 10.9. The first-order valence-corrected chi connectivity index (χ1v) is 7.23. The lowest BCUT2D eigenvalue weighted by molar-refractivity contribution is -0.133. The van der Waals surface area contributed by atoms with E-state index >= 15 is 0 Å². The van der Waals surface area contributed by atoms with Gasteiger partial charge in [0.05, 0.1) is 11.3 Å². The van der Waals surface area contributed by atoms with Crippen molar-refractivity contribution in [2.24, 2.45) is 7.05 Å². The van der Waals surface area contributed by atoms with E-state index in [0.717, 1.165) is 28.2 Å². The first kappa shape index (κ1) is 13.6. The van der Waals surface area contributed by atoms with E-state index in [1.807, 2.05) is 30.3 Å². The lowest BCUT2D eigenvalue weighted by Crippen LogP contribution is -2.00. The van der Waals surface area contributed by atoms with Gasteiger partial charge in [0.15, 0.2) is 11.0 Å². The van der Waals surface area contributed by atoms with Gasteiger partial charge in [-0.25, -0.2) is 9.67 Å². The summed E-state index contributed by atoms with van der Waals surface area (Å²) >= 11 is 1.15. The summed E-state index contributed by atoms with van der Waals surface area (Å²) < 4.78 is 1.59. The van der Waals surface area contributed by atoms with Gasteiger partial charge in [-0.05, 0) is 12.1 Å². The third-order valence-corrected chi connectivity index (χ3v) is 3.93. The quantitative estimate of drug-likeness (QED) is 0.744. The number of hydrogen-bond donors (Lipinski definition) is 1. The molecule has 0 aliphatic carbocycles. The number of fused-ring (bicyclic) bond motifs is 1. The zero-order valence-corrected chi connectivity index (χ0v) is 12.0. The molecule has 106 valence electrons. The zero-order valence-electron chi connectivity index (χ0n) is 11.2. The highest BCUT2D eigenvalue weighted by atomic mass is 32.2. The summed E-state index contributed by atoms with van der Waals surface area (Å²) in [5.41, 5.74) is 1.67. The fourth-order valence-electron chi connectivity index (χ4n) is 2.02. The molecule has 21 heavy (non-hydrogen) atoms. The molecule has 1 aromatic carbocycles. The van der Waals surface area contributed by atoms with Crippen LogP contribution in [0.15, 0.2) is 41.7 Å². The molecule has 2 aromatic heterocycles. The molecule has 0 aliphatic heterocycles. The monoisotopic (exact) mass is 300 g/mol. The number of nitrogens with zero attached hydrogens (tertiary/aromatic N) is 4. The molecule has 0 saturated carbocycles. The summed E-state index contributed by atoms with van der Waals surface area (Å²) in [5.74, 6) is -0.370. The smallest absolute Gasteiger partial charge is 0.313 e. The number of benzene rings is 1. The van der Waals surface area contributed by atoms with E-state index in [1.54, 1.807) is 17.9 Å². The Morgan fingerprint density at radius 1 is 1.33 bits per heavy atom. The Balaban J connectivity index is 2.03. The Kier molecular flexibility index (Phi) is 3.57. The van der Waals surface area contributed by atoms with Gasteiger partial charge in [-0.2, -0.15) is 5.10 Å². The molecule has 7 heteroatoms. The number of carboxylic acids is 1. The molecule has 0 spiro atoms. The van der Waals surface area contributed by atoms with E-state index < -0.39 is 5.97 Å². The molecule has 6 nitrogen and oxygen atoms in total. The van der Waals surface area contributed by atoms with E-state index in [0.29, 0.717) is 11.0 Å². The van der Waals surface area contributed by atoms with Gasteiger partial charge in [0.25, 0.3) is 0 Å². The van der Waals surface area contributed by atoms with Crippen molar-refractivity contribution in [3.05, 3.63) is 36.5 Å². The first-order chi connectivity index (χ1) is 10.1. The Hall–Kier alpha value is -2.41. The zero-order chi connectivity index (χ0) is 14.8. The largest absolute Gasteiger partial charge is 0.481 e. The number of rotatable bonds is 4. The van der Waals surface area contributed by atoms with Crippen molar-refractivity contribution < 1.29 is 9.90 Å². The molecule has 0 atom stereocenters. The summed E-state index contributed by atoms with van der Waals surface area (Å²) in [5, 5.41) is 14.7. The summed E-state index contributed by atoms with van der Waals surface area (Å²) in [6.07, 6.45) is 1.73. The van der Waals surface area contributed by atoms with E-state index in [-0.39, 0.29) is 5.75 Å². The van der Waals surface area contributed by atoms with Crippen LogP contribution >= 0.6 is 11.8 Å². The molecule has 1 N–H and O–H groups in total. The number of carbonyl (C=O) groups is 1. The molecule has 0 unspecified atom stereocenters. The molecule has 0 radical (unpaired) electrons. The molecule has 2 heterocycles. The molecular weight excluding hydrogens is 288 g/mol. The van der Waals surface area contributed by atoms with E-state index in [4.69, 9.17) is 5.11 Å². The minimum absolute atomic E-state index is 0.0419. The third kappa shape index (κ3) is 2.73. The summed E-state index contributed by atoms with van der Waals surface area (Å²) in [6, 6.07) is 9.69. The van der Waals surface area contributed by atoms with Crippen molar-refractivity contribution in [3.63, 3.8) is 0 Å². The van der Waals surface area contributed by atoms with Crippen LogP contribution < -0.4 is 0 Å². The summed E-state index contributed by atoms with van der Waals surface area (Å²) in [7, 11) is 1.75. The highest BCUT2D eigenvalue weighted by molar-refractivity contribution is 7.99. The second-order valence-electron chi connectivity index (χ2n) is 4.40. The van der Waals surface area contributed by atoms with Crippen LogP contribution in [-0.4, -0.2) is 36.6 Å². The number of carboxylic acid groups (broad SMARTS) is 1. The first-order valence-electron chi connectivity index (χ1n) is 6.25. The van der Waals surface area contributed by atoms with Crippen LogP contribution in [0.3, 0.4) is 0 Å².